The van der Waals surface area contributed by atoms with Crippen LogP contribution in [-0.2, 0) is 4.74 Å². The molecule has 1 N–H and O–H groups in total. The van der Waals surface area contributed by atoms with Crippen LogP contribution in [-0.4, -0.2) is 83.0 Å². The summed E-state index contributed by atoms with van der Waals surface area (Å²) in [6, 6.07) is 0. The van der Waals surface area contributed by atoms with Crippen molar-refractivity contribution in [3.8, 4) is 0 Å². The van der Waals surface area contributed by atoms with Crippen molar-refractivity contribution in [2.24, 2.45) is 0 Å². The van der Waals surface area contributed by atoms with Gasteiger partial charge in [0, 0.05) is 45.3 Å². The molecule has 30 heavy (non-hydrogen) atoms. The standard InChI is InChI=1S/C20H26N6O3S/c1-12-15(18(27)25-6-8-29-9-7-25)10-22-17(23-12)14-4-5-26(11-14)19(28)16-13(2)24-20(21-3)30-16/h10,14H,4-9,11H2,1-3H3,(H,21,24)/t14-/m0/s1. The van der Waals surface area contributed by atoms with Crippen molar-refractivity contribution >= 4 is 28.3 Å². The molecule has 2 aromatic rings. The van der Waals surface area contributed by atoms with Crippen LogP contribution in [0.15, 0.2) is 6.20 Å². The zero-order valence-corrected chi connectivity index (χ0v) is 18.3. The molecule has 0 bridgehead atoms. The van der Waals surface area contributed by atoms with Crippen LogP contribution in [0.1, 0.15) is 49.6 Å². The van der Waals surface area contributed by atoms with Gasteiger partial charge < -0.3 is 19.9 Å². The lowest BCUT2D eigenvalue weighted by Crippen LogP contribution is -2.41. The molecule has 0 spiro atoms. The predicted octanol–water partition coefficient (Wildman–Crippen LogP) is 1.69. The number of aromatic nitrogens is 3. The van der Waals surface area contributed by atoms with Gasteiger partial charge >= 0.3 is 0 Å². The lowest BCUT2D eigenvalue weighted by molar-refractivity contribution is 0.0301. The van der Waals surface area contributed by atoms with Gasteiger partial charge in [-0.05, 0) is 20.3 Å². The number of nitrogens with zero attached hydrogens (tertiary/aromatic N) is 5. The van der Waals surface area contributed by atoms with Gasteiger partial charge in [-0.2, -0.15) is 0 Å². The first-order valence-corrected chi connectivity index (χ1v) is 10.9. The van der Waals surface area contributed by atoms with Crippen LogP contribution < -0.4 is 5.32 Å². The first-order chi connectivity index (χ1) is 14.5. The van der Waals surface area contributed by atoms with Crippen LogP contribution in [0.4, 0.5) is 5.13 Å². The number of anilines is 1. The number of amides is 2. The number of hydrogen-bond acceptors (Lipinski definition) is 8. The van der Waals surface area contributed by atoms with Crippen molar-refractivity contribution in [3.05, 3.63) is 33.8 Å². The molecule has 4 heterocycles. The molecule has 2 aromatic heterocycles. The zero-order valence-electron chi connectivity index (χ0n) is 17.5. The molecule has 0 unspecified atom stereocenters. The number of nitrogens with one attached hydrogen (secondary N) is 1. The summed E-state index contributed by atoms with van der Waals surface area (Å²) in [6.45, 7) is 7.23. The van der Waals surface area contributed by atoms with Crippen LogP contribution in [0.2, 0.25) is 0 Å². The molecule has 0 aromatic carbocycles. The van der Waals surface area contributed by atoms with Crippen molar-refractivity contribution in [1.82, 2.24) is 24.8 Å². The second kappa shape index (κ2) is 8.65. The molecule has 2 saturated heterocycles. The van der Waals surface area contributed by atoms with Gasteiger partial charge in [-0.3, -0.25) is 9.59 Å². The third-order valence-corrected chi connectivity index (χ3v) is 6.73. The summed E-state index contributed by atoms with van der Waals surface area (Å²) in [5.41, 5.74) is 1.96. The lowest BCUT2D eigenvalue weighted by Gasteiger charge is -2.27. The Labute approximate surface area is 179 Å². The van der Waals surface area contributed by atoms with Crippen molar-refractivity contribution in [3.63, 3.8) is 0 Å². The van der Waals surface area contributed by atoms with Gasteiger partial charge in [-0.1, -0.05) is 11.3 Å². The summed E-state index contributed by atoms with van der Waals surface area (Å²) < 4.78 is 5.31. The number of ether oxygens (including phenoxy) is 1. The van der Waals surface area contributed by atoms with E-state index in [2.05, 4.69) is 20.3 Å². The summed E-state index contributed by atoms with van der Waals surface area (Å²) in [4.78, 5) is 43.4. The highest BCUT2D eigenvalue weighted by Crippen LogP contribution is 2.29. The second-order valence-corrected chi connectivity index (χ2v) is 8.55. The van der Waals surface area contributed by atoms with Gasteiger partial charge in [0.25, 0.3) is 11.8 Å². The molecule has 4 rings (SSSR count). The summed E-state index contributed by atoms with van der Waals surface area (Å²) in [7, 11) is 1.80. The maximum absolute atomic E-state index is 12.9. The van der Waals surface area contributed by atoms with E-state index in [9.17, 15) is 9.59 Å². The highest BCUT2D eigenvalue weighted by atomic mass is 32.1. The zero-order chi connectivity index (χ0) is 21.3. The Kier molecular flexibility index (Phi) is 5.96. The van der Waals surface area contributed by atoms with E-state index < -0.39 is 0 Å². The van der Waals surface area contributed by atoms with Gasteiger partial charge in [0.1, 0.15) is 10.7 Å². The van der Waals surface area contributed by atoms with Gasteiger partial charge in [-0.25, -0.2) is 15.0 Å². The third kappa shape index (κ3) is 4.01. The molecule has 160 valence electrons. The quantitative estimate of drug-likeness (QED) is 0.788. The number of thiazole rings is 1. The molecule has 2 amide bonds. The fourth-order valence-electron chi connectivity index (χ4n) is 3.83. The van der Waals surface area contributed by atoms with Crippen molar-refractivity contribution in [1.29, 1.82) is 0 Å². The number of morpholine rings is 1. The van der Waals surface area contributed by atoms with Crippen LogP contribution in [0.3, 0.4) is 0 Å². The smallest absolute Gasteiger partial charge is 0.265 e. The van der Waals surface area contributed by atoms with E-state index in [0.717, 1.165) is 17.2 Å². The number of rotatable bonds is 4. The Morgan fingerprint density at radius 1 is 1.10 bits per heavy atom. The minimum absolute atomic E-state index is 0.00448. The van der Waals surface area contributed by atoms with Crippen molar-refractivity contribution in [2.75, 3.05) is 51.8 Å². The third-order valence-electron chi connectivity index (χ3n) is 5.57. The molecular formula is C20H26N6O3S. The van der Waals surface area contributed by atoms with Gasteiger partial charge in [0.15, 0.2) is 5.13 Å². The first kappa shape index (κ1) is 20.7. The van der Waals surface area contributed by atoms with E-state index in [-0.39, 0.29) is 17.7 Å². The molecule has 10 heteroatoms. The molecular weight excluding hydrogens is 404 g/mol. The maximum Gasteiger partial charge on any atom is 0.265 e. The minimum atomic E-state index is -0.0495. The molecule has 1 atom stereocenters. The Bertz CT molecular complexity index is 956. The van der Waals surface area contributed by atoms with E-state index in [0.29, 0.717) is 61.4 Å². The topological polar surface area (TPSA) is 101 Å². The fourth-order valence-corrected chi connectivity index (χ4v) is 4.72. The fraction of sp³-hybridized carbons (Fsp3) is 0.550. The van der Waals surface area contributed by atoms with Crippen LogP contribution in [0.25, 0.3) is 0 Å². The average Bonchev–Trinajstić information content (AvgIpc) is 3.40. The highest BCUT2D eigenvalue weighted by Gasteiger charge is 2.32. The van der Waals surface area contributed by atoms with Gasteiger partial charge in [0.05, 0.1) is 30.2 Å². The Morgan fingerprint density at radius 3 is 2.53 bits per heavy atom. The number of likely N-dealkylation sites (tertiary alicyclic amines) is 1. The summed E-state index contributed by atoms with van der Waals surface area (Å²) in [5.74, 6) is 0.715. The highest BCUT2D eigenvalue weighted by molar-refractivity contribution is 7.17. The SMILES string of the molecule is CNc1nc(C)c(C(=O)N2CC[C@H](c3ncc(C(=O)N4CCOCC4)c(C)n3)C2)s1. The van der Waals surface area contributed by atoms with Crippen molar-refractivity contribution < 1.29 is 14.3 Å². The molecule has 2 aliphatic rings. The van der Waals surface area contributed by atoms with E-state index in [1.165, 1.54) is 11.3 Å². The largest absolute Gasteiger partial charge is 0.378 e. The Hall–Kier alpha value is -2.59. The summed E-state index contributed by atoms with van der Waals surface area (Å²) in [6.07, 6.45) is 2.44. The molecule has 2 aliphatic heterocycles. The number of carbonyl (C=O) groups excluding carboxylic acids is 2. The predicted molar refractivity (Wildman–Crippen MR) is 113 cm³/mol. The summed E-state index contributed by atoms with van der Waals surface area (Å²) >= 11 is 1.38. The molecule has 0 saturated carbocycles. The molecule has 9 nitrogen and oxygen atoms in total. The second-order valence-electron chi connectivity index (χ2n) is 7.55. The molecule has 2 fully saturated rings. The molecule has 0 aliphatic carbocycles. The normalized spacial score (nSPS) is 19.2. The van der Waals surface area contributed by atoms with Gasteiger partial charge in [-0.15, -0.1) is 0 Å². The first-order valence-electron chi connectivity index (χ1n) is 10.1. The van der Waals surface area contributed by atoms with Crippen LogP contribution in [0, 0.1) is 13.8 Å². The van der Waals surface area contributed by atoms with Crippen molar-refractivity contribution in [2.45, 2.75) is 26.2 Å². The Morgan fingerprint density at radius 2 is 1.87 bits per heavy atom. The number of aryl methyl sites for hydroxylation is 2. The monoisotopic (exact) mass is 430 g/mol. The number of hydrogen-bond donors (Lipinski definition) is 1. The van der Waals surface area contributed by atoms with Gasteiger partial charge in [0.2, 0.25) is 0 Å². The Balaban J connectivity index is 1.45. The summed E-state index contributed by atoms with van der Waals surface area (Å²) in [5, 5.41) is 3.73. The minimum Gasteiger partial charge on any atom is -0.378 e. The van der Waals surface area contributed by atoms with E-state index in [1.54, 1.807) is 18.1 Å². The maximum atomic E-state index is 12.9. The van der Waals surface area contributed by atoms with Crippen LogP contribution in [0.5, 0.6) is 0 Å². The number of carbonyl (C=O) groups is 2. The average molecular weight is 431 g/mol. The van der Waals surface area contributed by atoms with E-state index in [4.69, 9.17) is 4.74 Å². The lowest BCUT2D eigenvalue weighted by atomic mass is 10.1. The molecule has 0 radical (unpaired) electrons. The van der Waals surface area contributed by atoms with E-state index in [1.807, 2.05) is 18.7 Å². The van der Waals surface area contributed by atoms with E-state index >= 15 is 0 Å². The van der Waals surface area contributed by atoms with Crippen LogP contribution >= 0.6 is 11.3 Å².